The maximum absolute atomic E-state index is 14.1. The molecule has 20 heavy (non-hydrogen) atoms. The van der Waals surface area contributed by atoms with E-state index in [2.05, 4.69) is 0 Å². The van der Waals surface area contributed by atoms with E-state index in [0.29, 0.717) is 24.3 Å². The van der Waals surface area contributed by atoms with Crippen molar-refractivity contribution in [3.05, 3.63) is 29.1 Å². The normalized spacial score (nSPS) is 18.2. The molecule has 1 fully saturated rings. The van der Waals surface area contributed by atoms with Crippen molar-refractivity contribution in [3.63, 3.8) is 0 Å². The summed E-state index contributed by atoms with van der Waals surface area (Å²) < 4.78 is 19.6. The average molecular weight is 280 g/mol. The van der Waals surface area contributed by atoms with Gasteiger partial charge in [0.05, 0.1) is 11.7 Å². The Bertz CT molecular complexity index is 499. The molecule has 1 atom stereocenters. The molecule has 0 aromatic heterocycles. The van der Waals surface area contributed by atoms with Crippen molar-refractivity contribution >= 4 is 11.6 Å². The standard InChI is InChI=1S/C15H21FN2O2/c1-3-18(9-12-5-4-6-20-12)15(19)13-8-11(17)7-10(2)14(13)16/h7-8,12H,3-6,9,17H2,1-2H3. The fourth-order valence-electron chi connectivity index (χ4n) is 2.51. The van der Waals surface area contributed by atoms with Crippen LogP contribution < -0.4 is 5.73 Å². The maximum Gasteiger partial charge on any atom is 0.256 e. The lowest BCUT2D eigenvalue weighted by Gasteiger charge is -2.24. The lowest BCUT2D eigenvalue weighted by atomic mass is 10.1. The number of carbonyl (C=O) groups excluding carboxylic acids is 1. The summed E-state index contributed by atoms with van der Waals surface area (Å²) in [5.41, 5.74) is 6.55. The van der Waals surface area contributed by atoms with E-state index in [0.717, 1.165) is 19.4 Å². The molecule has 5 heteroatoms. The Morgan fingerprint density at radius 2 is 2.30 bits per heavy atom. The molecule has 1 aromatic carbocycles. The fourth-order valence-corrected chi connectivity index (χ4v) is 2.51. The zero-order chi connectivity index (χ0) is 14.7. The van der Waals surface area contributed by atoms with Gasteiger partial charge in [-0.25, -0.2) is 4.39 Å². The summed E-state index contributed by atoms with van der Waals surface area (Å²) in [5, 5.41) is 0. The number of nitrogens with zero attached hydrogens (tertiary/aromatic N) is 1. The van der Waals surface area contributed by atoms with Gasteiger partial charge in [0.25, 0.3) is 5.91 Å². The van der Waals surface area contributed by atoms with E-state index in [-0.39, 0.29) is 17.6 Å². The molecule has 0 spiro atoms. The Labute approximate surface area is 118 Å². The number of rotatable bonds is 4. The van der Waals surface area contributed by atoms with Gasteiger partial charge in [-0.15, -0.1) is 0 Å². The van der Waals surface area contributed by atoms with E-state index in [4.69, 9.17) is 10.5 Å². The third-order valence-electron chi connectivity index (χ3n) is 3.62. The Morgan fingerprint density at radius 3 is 2.90 bits per heavy atom. The largest absolute Gasteiger partial charge is 0.399 e. The number of benzene rings is 1. The third-order valence-corrected chi connectivity index (χ3v) is 3.62. The van der Waals surface area contributed by atoms with Crippen LogP contribution in [-0.2, 0) is 4.74 Å². The highest BCUT2D eigenvalue weighted by molar-refractivity contribution is 5.95. The van der Waals surface area contributed by atoms with Gasteiger partial charge in [0, 0.05) is 25.4 Å². The van der Waals surface area contributed by atoms with Crippen LogP contribution in [0.15, 0.2) is 12.1 Å². The van der Waals surface area contributed by atoms with Crippen LogP contribution in [0, 0.1) is 12.7 Å². The molecule has 1 unspecified atom stereocenters. The van der Waals surface area contributed by atoms with Crippen LogP contribution in [0.25, 0.3) is 0 Å². The van der Waals surface area contributed by atoms with Crippen molar-refractivity contribution in [1.82, 2.24) is 4.90 Å². The molecule has 1 heterocycles. The van der Waals surface area contributed by atoms with E-state index < -0.39 is 5.82 Å². The average Bonchev–Trinajstić information content (AvgIpc) is 2.92. The fraction of sp³-hybridized carbons (Fsp3) is 0.533. The predicted molar refractivity (Wildman–Crippen MR) is 76.1 cm³/mol. The van der Waals surface area contributed by atoms with Crippen LogP contribution in [0.5, 0.6) is 0 Å². The molecule has 4 nitrogen and oxygen atoms in total. The van der Waals surface area contributed by atoms with Crippen molar-refractivity contribution in [2.75, 3.05) is 25.4 Å². The summed E-state index contributed by atoms with van der Waals surface area (Å²) in [4.78, 5) is 14.1. The molecule has 2 rings (SSSR count). The smallest absolute Gasteiger partial charge is 0.256 e. The highest BCUT2D eigenvalue weighted by atomic mass is 19.1. The van der Waals surface area contributed by atoms with Gasteiger partial charge >= 0.3 is 0 Å². The molecule has 0 aliphatic carbocycles. The van der Waals surface area contributed by atoms with Gasteiger partial charge in [-0.1, -0.05) is 0 Å². The first-order valence-corrected chi connectivity index (χ1v) is 6.99. The van der Waals surface area contributed by atoms with Gasteiger partial charge < -0.3 is 15.4 Å². The van der Waals surface area contributed by atoms with Gasteiger partial charge in [-0.2, -0.15) is 0 Å². The SMILES string of the molecule is CCN(CC1CCCO1)C(=O)c1cc(N)cc(C)c1F. The number of nitrogen functional groups attached to an aromatic ring is 1. The van der Waals surface area contributed by atoms with Gasteiger partial charge in [-0.3, -0.25) is 4.79 Å². The summed E-state index contributed by atoms with van der Waals surface area (Å²) in [6.45, 7) is 5.25. The lowest BCUT2D eigenvalue weighted by Crippen LogP contribution is -2.37. The zero-order valence-corrected chi connectivity index (χ0v) is 12.0. The van der Waals surface area contributed by atoms with Gasteiger partial charge in [0.2, 0.25) is 0 Å². The second-order valence-corrected chi connectivity index (χ2v) is 5.18. The van der Waals surface area contributed by atoms with Crippen molar-refractivity contribution in [2.24, 2.45) is 0 Å². The molecule has 0 radical (unpaired) electrons. The minimum absolute atomic E-state index is 0.0438. The molecule has 1 amide bonds. The first-order valence-electron chi connectivity index (χ1n) is 6.99. The Balaban J connectivity index is 2.19. The molecule has 0 saturated carbocycles. The third kappa shape index (κ3) is 3.10. The quantitative estimate of drug-likeness (QED) is 0.861. The molecular formula is C15H21FN2O2. The highest BCUT2D eigenvalue weighted by Crippen LogP contribution is 2.20. The van der Waals surface area contributed by atoms with Gasteiger partial charge in [-0.05, 0) is 44.4 Å². The van der Waals surface area contributed by atoms with Crippen LogP contribution in [0.1, 0.15) is 35.7 Å². The molecule has 1 aliphatic heterocycles. The van der Waals surface area contributed by atoms with Crippen LogP contribution in [0.3, 0.4) is 0 Å². The minimum atomic E-state index is -0.491. The Morgan fingerprint density at radius 1 is 1.55 bits per heavy atom. The van der Waals surface area contributed by atoms with Crippen molar-refractivity contribution in [3.8, 4) is 0 Å². The second-order valence-electron chi connectivity index (χ2n) is 5.18. The van der Waals surface area contributed by atoms with Crippen molar-refractivity contribution in [1.29, 1.82) is 0 Å². The van der Waals surface area contributed by atoms with E-state index in [1.807, 2.05) is 6.92 Å². The predicted octanol–water partition coefficient (Wildman–Crippen LogP) is 2.36. The summed E-state index contributed by atoms with van der Waals surface area (Å²) in [6.07, 6.45) is 2.02. The molecule has 2 N–H and O–H groups in total. The van der Waals surface area contributed by atoms with E-state index in [1.54, 1.807) is 11.8 Å². The van der Waals surface area contributed by atoms with Crippen LogP contribution in [-0.4, -0.2) is 36.6 Å². The van der Waals surface area contributed by atoms with Crippen LogP contribution in [0.2, 0.25) is 0 Å². The van der Waals surface area contributed by atoms with E-state index in [1.165, 1.54) is 12.1 Å². The molecule has 110 valence electrons. The number of hydrogen-bond donors (Lipinski definition) is 1. The van der Waals surface area contributed by atoms with Gasteiger partial charge in [0.15, 0.2) is 0 Å². The maximum atomic E-state index is 14.1. The molecule has 1 aromatic rings. The summed E-state index contributed by atoms with van der Waals surface area (Å²) in [7, 11) is 0. The van der Waals surface area contributed by atoms with Crippen molar-refractivity contribution < 1.29 is 13.9 Å². The lowest BCUT2D eigenvalue weighted by molar-refractivity contribution is 0.0535. The number of hydrogen-bond acceptors (Lipinski definition) is 3. The van der Waals surface area contributed by atoms with E-state index in [9.17, 15) is 9.18 Å². The van der Waals surface area contributed by atoms with Crippen LogP contribution in [0.4, 0.5) is 10.1 Å². The molecule has 1 aliphatic rings. The molecule has 0 bridgehead atoms. The molecular weight excluding hydrogens is 259 g/mol. The summed E-state index contributed by atoms with van der Waals surface area (Å²) in [5.74, 6) is -0.814. The first kappa shape index (κ1) is 14.8. The van der Waals surface area contributed by atoms with Crippen molar-refractivity contribution in [2.45, 2.75) is 32.8 Å². The number of ether oxygens (including phenoxy) is 1. The van der Waals surface area contributed by atoms with Crippen LogP contribution >= 0.6 is 0 Å². The molecule has 1 saturated heterocycles. The number of amides is 1. The second kappa shape index (κ2) is 6.22. The monoisotopic (exact) mass is 280 g/mol. The van der Waals surface area contributed by atoms with E-state index >= 15 is 0 Å². The minimum Gasteiger partial charge on any atom is -0.399 e. The number of nitrogens with two attached hydrogens (primary N) is 1. The number of halogens is 1. The highest BCUT2D eigenvalue weighted by Gasteiger charge is 2.24. The number of likely N-dealkylation sites (N-methyl/N-ethyl adjacent to an activating group) is 1. The number of aryl methyl sites for hydroxylation is 1. The summed E-state index contributed by atoms with van der Waals surface area (Å²) in [6, 6.07) is 2.94. The first-order chi connectivity index (χ1) is 9.52. The Hall–Kier alpha value is -1.62. The Kier molecular flexibility index (Phi) is 4.60. The topological polar surface area (TPSA) is 55.6 Å². The summed E-state index contributed by atoms with van der Waals surface area (Å²) >= 11 is 0. The number of anilines is 1. The van der Waals surface area contributed by atoms with Gasteiger partial charge in [0.1, 0.15) is 5.82 Å². The zero-order valence-electron chi connectivity index (χ0n) is 12.0. The number of carbonyl (C=O) groups is 1.